The topological polar surface area (TPSA) is 32.3 Å². The lowest BCUT2D eigenvalue weighted by molar-refractivity contribution is -0.122. The minimum atomic E-state index is 0.150. The second-order valence-corrected chi connectivity index (χ2v) is 6.23. The summed E-state index contributed by atoms with van der Waals surface area (Å²) in [7, 11) is 2.08. The number of likely N-dealkylation sites (N-methyl/N-ethyl adjacent to an activating group) is 1. The molecule has 0 aliphatic heterocycles. The molecule has 1 aliphatic carbocycles. The zero-order valence-electron chi connectivity index (χ0n) is 13.4. The number of amides is 1. The van der Waals surface area contributed by atoms with Gasteiger partial charge >= 0.3 is 0 Å². The summed E-state index contributed by atoms with van der Waals surface area (Å²) < 4.78 is 0. The normalized spacial score (nSPS) is 16.1. The summed E-state index contributed by atoms with van der Waals surface area (Å²) in [6.45, 7) is 3.37. The molecule has 3 heteroatoms. The Bertz CT molecular complexity index is 452. The van der Waals surface area contributed by atoms with Crippen molar-refractivity contribution in [3.05, 3.63) is 35.4 Å². The van der Waals surface area contributed by atoms with Crippen LogP contribution in [-0.4, -0.2) is 37.0 Å². The second-order valence-electron chi connectivity index (χ2n) is 6.23. The Labute approximate surface area is 128 Å². The van der Waals surface area contributed by atoms with Gasteiger partial charge in [0.15, 0.2) is 0 Å². The van der Waals surface area contributed by atoms with E-state index in [-0.39, 0.29) is 5.91 Å². The molecule has 0 spiro atoms. The molecule has 0 saturated heterocycles. The van der Waals surface area contributed by atoms with E-state index >= 15 is 0 Å². The lowest BCUT2D eigenvalue weighted by Gasteiger charge is -2.30. The van der Waals surface area contributed by atoms with Gasteiger partial charge in [-0.3, -0.25) is 9.69 Å². The lowest BCUT2D eigenvalue weighted by atomic mass is 9.94. The van der Waals surface area contributed by atoms with Crippen LogP contribution in [0.2, 0.25) is 0 Å². The van der Waals surface area contributed by atoms with Crippen LogP contribution < -0.4 is 5.32 Å². The highest BCUT2D eigenvalue weighted by molar-refractivity contribution is 5.78. The summed E-state index contributed by atoms with van der Waals surface area (Å²) in [5.41, 5.74) is 2.62. The summed E-state index contributed by atoms with van der Waals surface area (Å²) in [5, 5.41) is 3.05. The number of carbonyl (C=O) groups is 1. The highest BCUT2D eigenvalue weighted by Crippen LogP contribution is 2.21. The Morgan fingerprint density at radius 3 is 2.67 bits per heavy atom. The van der Waals surface area contributed by atoms with Crippen LogP contribution in [0, 0.1) is 6.92 Å². The standard InChI is InChI=1S/C18H28N2O/c1-15-8-6-7-9-16(15)12-13-19-18(21)14-20(2)17-10-4-3-5-11-17/h6-9,17H,3-5,10-14H2,1-2H3,(H,19,21). The zero-order valence-corrected chi connectivity index (χ0v) is 13.4. The first kappa shape index (κ1) is 16.0. The van der Waals surface area contributed by atoms with Gasteiger partial charge in [-0.1, -0.05) is 43.5 Å². The van der Waals surface area contributed by atoms with Crippen LogP contribution in [0.5, 0.6) is 0 Å². The lowest BCUT2D eigenvalue weighted by Crippen LogP contribution is -2.41. The number of benzene rings is 1. The Morgan fingerprint density at radius 2 is 1.95 bits per heavy atom. The van der Waals surface area contributed by atoms with Crippen molar-refractivity contribution >= 4 is 5.91 Å². The first-order valence-corrected chi connectivity index (χ1v) is 8.18. The first-order chi connectivity index (χ1) is 10.2. The molecule has 1 aliphatic rings. The zero-order chi connectivity index (χ0) is 15.1. The average molecular weight is 288 g/mol. The van der Waals surface area contributed by atoms with Crippen LogP contribution in [-0.2, 0) is 11.2 Å². The Kier molecular flexibility index (Phi) is 6.24. The molecule has 21 heavy (non-hydrogen) atoms. The fraction of sp³-hybridized carbons (Fsp3) is 0.611. The van der Waals surface area contributed by atoms with Gasteiger partial charge in [-0.05, 0) is 44.4 Å². The summed E-state index contributed by atoms with van der Waals surface area (Å²) in [6.07, 6.45) is 7.37. The van der Waals surface area contributed by atoms with Gasteiger partial charge in [0.2, 0.25) is 5.91 Å². The van der Waals surface area contributed by atoms with Crippen LogP contribution in [0.3, 0.4) is 0 Å². The van der Waals surface area contributed by atoms with Crippen LogP contribution in [0.1, 0.15) is 43.2 Å². The van der Waals surface area contributed by atoms with E-state index in [4.69, 9.17) is 0 Å². The maximum absolute atomic E-state index is 12.0. The van der Waals surface area contributed by atoms with E-state index in [0.717, 1.165) is 13.0 Å². The molecule has 0 aromatic heterocycles. The van der Waals surface area contributed by atoms with E-state index in [1.165, 1.54) is 43.2 Å². The largest absolute Gasteiger partial charge is 0.355 e. The molecule has 0 unspecified atom stereocenters. The summed E-state index contributed by atoms with van der Waals surface area (Å²) in [6, 6.07) is 8.96. The summed E-state index contributed by atoms with van der Waals surface area (Å²) >= 11 is 0. The van der Waals surface area contributed by atoms with Crippen LogP contribution in [0.4, 0.5) is 0 Å². The minimum absolute atomic E-state index is 0.150. The summed E-state index contributed by atoms with van der Waals surface area (Å²) in [5.74, 6) is 0.150. The number of nitrogens with zero attached hydrogens (tertiary/aromatic N) is 1. The monoisotopic (exact) mass is 288 g/mol. The van der Waals surface area contributed by atoms with Crippen LogP contribution in [0.15, 0.2) is 24.3 Å². The van der Waals surface area contributed by atoms with Gasteiger partial charge in [0, 0.05) is 12.6 Å². The molecule has 1 aromatic carbocycles. The summed E-state index contributed by atoms with van der Waals surface area (Å²) in [4.78, 5) is 14.2. The quantitative estimate of drug-likeness (QED) is 0.873. The third-order valence-electron chi connectivity index (χ3n) is 4.57. The predicted molar refractivity (Wildman–Crippen MR) is 87.4 cm³/mol. The number of aryl methyl sites for hydroxylation is 1. The molecule has 0 heterocycles. The fourth-order valence-electron chi connectivity index (χ4n) is 3.16. The number of hydrogen-bond donors (Lipinski definition) is 1. The number of nitrogens with one attached hydrogen (secondary N) is 1. The molecule has 116 valence electrons. The SMILES string of the molecule is Cc1ccccc1CCNC(=O)CN(C)C1CCCCC1. The maximum atomic E-state index is 12.0. The predicted octanol–water partition coefficient (Wildman–Crippen LogP) is 2.92. The third-order valence-corrected chi connectivity index (χ3v) is 4.57. The van der Waals surface area contributed by atoms with Gasteiger partial charge in [0.1, 0.15) is 0 Å². The number of hydrogen-bond acceptors (Lipinski definition) is 2. The molecule has 1 fully saturated rings. The van der Waals surface area contributed by atoms with E-state index in [1.54, 1.807) is 0 Å². The Morgan fingerprint density at radius 1 is 1.24 bits per heavy atom. The molecule has 2 rings (SSSR count). The van der Waals surface area contributed by atoms with E-state index < -0.39 is 0 Å². The maximum Gasteiger partial charge on any atom is 0.234 e. The van der Waals surface area contributed by atoms with Crippen molar-refractivity contribution in [1.82, 2.24) is 10.2 Å². The van der Waals surface area contributed by atoms with Gasteiger partial charge in [-0.15, -0.1) is 0 Å². The Hall–Kier alpha value is -1.35. The van der Waals surface area contributed by atoms with Crippen molar-refractivity contribution in [3.63, 3.8) is 0 Å². The average Bonchev–Trinajstić information content (AvgIpc) is 2.50. The van der Waals surface area contributed by atoms with Crippen molar-refractivity contribution in [2.45, 2.75) is 51.5 Å². The number of carbonyl (C=O) groups excluding carboxylic acids is 1. The van der Waals surface area contributed by atoms with Crippen molar-refractivity contribution in [2.24, 2.45) is 0 Å². The molecule has 1 amide bonds. The smallest absolute Gasteiger partial charge is 0.234 e. The first-order valence-electron chi connectivity index (χ1n) is 8.18. The van der Waals surface area contributed by atoms with Gasteiger partial charge < -0.3 is 5.32 Å². The molecule has 1 N–H and O–H groups in total. The van der Waals surface area contributed by atoms with E-state index in [0.29, 0.717) is 12.6 Å². The van der Waals surface area contributed by atoms with Crippen molar-refractivity contribution in [2.75, 3.05) is 20.1 Å². The second kappa shape index (κ2) is 8.18. The van der Waals surface area contributed by atoms with Gasteiger partial charge in [-0.25, -0.2) is 0 Å². The molecule has 1 saturated carbocycles. The third kappa shape index (κ3) is 5.16. The molecular weight excluding hydrogens is 260 g/mol. The molecule has 0 radical (unpaired) electrons. The highest BCUT2D eigenvalue weighted by Gasteiger charge is 2.19. The minimum Gasteiger partial charge on any atom is -0.355 e. The van der Waals surface area contributed by atoms with Crippen molar-refractivity contribution in [3.8, 4) is 0 Å². The van der Waals surface area contributed by atoms with Crippen molar-refractivity contribution in [1.29, 1.82) is 0 Å². The van der Waals surface area contributed by atoms with Crippen LogP contribution >= 0.6 is 0 Å². The Balaban J connectivity index is 1.68. The van der Waals surface area contributed by atoms with Gasteiger partial charge in [0.05, 0.1) is 6.54 Å². The van der Waals surface area contributed by atoms with Gasteiger partial charge in [0.25, 0.3) is 0 Å². The molecule has 3 nitrogen and oxygen atoms in total. The number of rotatable bonds is 6. The van der Waals surface area contributed by atoms with Crippen LogP contribution in [0.25, 0.3) is 0 Å². The molecule has 1 aromatic rings. The van der Waals surface area contributed by atoms with E-state index in [2.05, 4.69) is 48.5 Å². The van der Waals surface area contributed by atoms with E-state index in [1.807, 2.05) is 0 Å². The van der Waals surface area contributed by atoms with E-state index in [9.17, 15) is 4.79 Å². The fourth-order valence-corrected chi connectivity index (χ4v) is 3.16. The molecular formula is C18H28N2O. The molecule has 0 bridgehead atoms. The highest BCUT2D eigenvalue weighted by atomic mass is 16.2. The molecule has 0 atom stereocenters. The van der Waals surface area contributed by atoms with Gasteiger partial charge in [-0.2, -0.15) is 0 Å². The van der Waals surface area contributed by atoms with Crippen molar-refractivity contribution < 1.29 is 4.79 Å².